The van der Waals surface area contributed by atoms with E-state index < -0.39 is 20.7 Å². The number of rotatable bonds is 5. The molecule has 1 aromatic carbocycles. The predicted octanol–water partition coefficient (Wildman–Crippen LogP) is 0.986. The van der Waals surface area contributed by atoms with Crippen molar-refractivity contribution in [1.29, 1.82) is 0 Å². The number of benzene rings is 1. The third-order valence-corrected chi connectivity index (χ3v) is 3.96. The number of nitrogens with zero attached hydrogens (tertiary/aromatic N) is 1. The molecule has 0 aliphatic rings. The van der Waals surface area contributed by atoms with Crippen LogP contribution in [0.4, 0.5) is 10.1 Å². The first-order valence-electron chi connectivity index (χ1n) is 5.93. The van der Waals surface area contributed by atoms with Gasteiger partial charge < -0.3 is 10.3 Å². The van der Waals surface area contributed by atoms with Gasteiger partial charge in [0.15, 0.2) is 0 Å². The molecule has 0 spiro atoms. The van der Waals surface area contributed by atoms with E-state index in [2.05, 4.69) is 20.0 Å². The van der Waals surface area contributed by atoms with Gasteiger partial charge in [0.1, 0.15) is 16.5 Å². The molecule has 0 saturated carbocycles. The second kappa shape index (κ2) is 6.02. The highest BCUT2D eigenvalue weighted by atomic mass is 32.2. The Labute approximate surface area is 120 Å². The zero-order valence-electron chi connectivity index (χ0n) is 11.1. The number of halogens is 1. The van der Waals surface area contributed by atoms with Crippen molar-refractivity contribution < 1.29 is 17.6 Å². The van der Waals surface area contributed by atoms with Crippen LogP contribution in [0.5, 0.6) is 0 Å². The minimum atomic E-state index is -4.01. The van der Waals surface area contributed by atoms with Crippen LogP contribution in [-0.2, 0) is 21.4 Å². The molecule has 0 radical (unpaired) electrons. The minimum Gasteiger partial charge on any atom is -0.347 e. The van der Waals surface area contributed by atoms with Crippen LogP contribution in [0.25, 0.3) is 0 Å². The van der Waals surface area contributed by atoms with Crippen LogP contribution >= 0.6 is 0 Å². The van der Waals surface area contributed by atoms with Crippen molar-refractivity contribution >= 4 is 21.6 Å². The number of carbonyl (C=O) groups is 1. The molecule has 2 rings (SSSR count). The molecule has 21 heavy (non-hydrogen) atoms. The van der Waals surface area contributed by atoms with E-state index in [0.29, 0.717) is 5.82 Å². The highest BCUT2D eigenvalue weighted by Crippen LogP contribution is 2.19. The molecule has 0 bridgehead atoms. The molecule has 0 fully saturated rings. The third-order valence-electron chi connectivity index (χ3n) is 2.53. The lowest BCUT2D eigenvalue weighted by molar-refractivity contribution is -0.114. The Morgan fingerprint density at radius 2 is 2.19 bits per heavy atom. The van der Waals surface area contributed by atoms with Crippen molar-refractivity contribution in [2.24, 2.45) is 0 Å². The molecular formula is C12H13FN4O3S. The highest BCUT2D eigenvalue weighted by molar-refractivity contribution is 7.89. The quantitative estimate of drug-likeness (QED) is 0.765. The number of nitrogens with one attached hydrogen (secondary N) is 3. The predicted molar refractivity (Wildman–Crippen MR) is 73.3 cm³/mol. The van der Waals surface area contributed by atoms with E-state index in [-0.39, 0.29) is 18.1 Å². The van der Waals surface area contributed by atoms with Crippen molar-refractivity contribution in [2.45, 2.75) is 18.4 Å². The summed E-state index contributed by atoms with van der Waals surface area (Å²) < 4.78 is 40.1. The molecule has 0 atom stereocenters. The summed E-state index contributed by atoms with van der Waals surface area (Å²) in [5.41, 5.74) is 0.185. The first-order valence-corrected chi connectivity index (χ1v) is 7.42. The van der Waals surface area contributed by atoms with Gasteiger partial charge in [-0.1, -0.05) is 0 Å². The van der Waals surface area contributed by atoms with Crippen LogP contribution < -0.4 is 10.0 Å². The Bertz CT molecular complexity index is 744. The number of carbonyl (C=O) groups excluding carboxylic acids is 1. The summed E-state index contributed by atoms with van der Waals surface area (Å²) in [5, 5.41) is 2.37. The van der Waals surface area contributed by atoms with Gasteiger partial charge in [0.05, 0.1) is 6.54 Å². The lowest BCUT2D eigenvalue weighted by atomic mass is 10.3. The van der Waals surface area contributed by atoms with E-state index in [1.165, 1.54) is 19.2 Å². The van der Waals surface area contributed by atoms with Gasteiger partial charge in [0.2, 0.25) is 15.9 Å². The topological polar surface area (TPSA) is 104 Å². The number of amides is 1. The fraction of sp³-hybridized carbons (Fsp3) is 0.167. The Balaban J connectivity index is 2.17. The van der Waals surface area contributed by atoms with E-state index in [1.54, 1.807) is 6.20 Å². The molecular weight excluding hydrogens is 299 g/mol. The molecule has 0 unspecified atom stereocenters. The number of anilines is 1. The molecule has 0 aliphatic carbocycles. The van der Waals surface area contributed by atoms with Crippen LogP contribution in [0, 0.1) is 5.82 Å². The summed E-state index contributed by atoms with van der Waals surface area (Å²) in [4.78, 5) is 17.0. The number of H-pyrrole nitrogens is 1. The van der Waals surface area contributed by atoms with Gasteiger partial charge >= 0.3 is 0 Å². The molecule has 0 saturated heterocycles. The Morgan fingerprint density at radius 1 is 1.43 bits per heavy atom. The second-order valence-electron chi connectivity index (χ2n) is 4.19. The van der Waals surface area contributed by atoms with Gasteiger partial charge in [-0.05, 0) is 18.2 Å². The van der Waals surface area contributed by atoms with E-state index in [4.69, 9.17) is 0 Å². The monoisotopic (exact) mass is 312 g/mol. The highest BCUT2D eigenvalue weighted by Gasteiger charge is 2.19. The van der Waals surface area contributed by atoms with Crippen molar-refractivity contribution in [2.75, 3.05) is 5.32 Å². The van der Waals surface area contributed by atoms with Gasteiger partial charge in [-0.15, -0.1) is 0 Å². The molecule has 3 N–H and O–H groups in total. The smallest absolute Gasteiger partial charge is 0.243 e. The van der Waals surface area contributed by atoms with Gasteiger partial charge in [0, 0.05) is 25.0 Å². The van der Waals surface area contributed by atoms with E-state index in [9.17, 15) is 17.6 Å². The van der Waals surface area contributed by atoms with E-state index in [1.807, 2.05) is 0 Å². The third kappa shape index (κ3) is 3.86. The van der Waals surface area contributed by atoms with E-state index in [0.717, 1.165) is 12.1 Å². The maximum Gasteiger partial charge on any atom is 0.243 e. The largest absolute Gasteiger partial charge is 0.347 e. The fourth-order valence-corrected chi connectivity index (χ4v) is 2.68. The van der Waals surface area contributed by atoms with Gasteiger partial charge in [-0.25, -0.2) is 22.5 Å². The summed E-state index contributed by atoms with van der Waals surface area (Å²) in [6.07, 6.45) is 3.03. The van der Waals surface area contributed by atoms with Crippen molar-refractivity contribution in [3.05, 3.63) is 42.2 Å². The van der Waals surface area contributed by atoms with Crippen LogP contribution in [0.1, 0.15) is 12.7 Å². The van der Waals surface area contributed by atoms with Gasteiger partial charge in [-0.3, -0.25) is 4.79 Å². The van der Waals surface area contributed by atoms with Crippen LogP contribution in [0.3, 0.4) is 0 Å². The summed E-state index contributed by atoms with van der Waals surface area (Å²) in [6.45, 7) is 1.19. The molecule has 1 aromatic heterocycles. The minimum absolute atomic E-state index is 0.0811. The molecule has 9 heteroatoms. The van der Waals surface area contributed by atoms with Crippen LogP contribution in [0.15, 0.2) is 35.5 Å². The van der Waals surface area contributed by atoms with Crippen LogP contribution in [-0.4, -0.2) is 24.3 Å². The number of hydrogen-bond donors (Lipinski definition) is 3. The summed E-state index contributed by atoms with van der Waals surface area (Å²) >= 11 is 0. The second-order valence-corrected chi connectivity index (χ2v) is 5.92. The Hall–Kier alpha value is -2.26. The lowest BCUT2D eigenvalue weighted by Crippen LogP contribution is -2.24. The summed E-state index contributed by atoms with van der Waals surface area (Å²) in [7, 11) is -4.01. The Kier molecular flexibility index (Phi) is 4.34. The molecule has 112 valence electrons. The SMILES string of the molecule is CC(=O)Nc1ccc(S(=O)(=O)NCc2ncc[nH]2)c(F)c1. The van der Waals surface area contributed by atoms with Crippen LogP contribution in [0.2, 0.25) is 0 Å². The average Bonchev–Trinajstić information content (AvgIpc) is 2.88. The Morgan fingerprint density at radius 3 is 2.76 bits per heavy atom. The molecule has 7 nitrogen and oxygen atoms in total. The molecule has 0 aliphatic heterocycles. The maximum atomic E-state index is 13.9. The van der Waals surface area contributed by atoms with Crippen molar-refractivity contribution in [3.63, 3.8) is 0 Å². The standard InChI is InChI=1S/C12H13FN4O3S/c1-8(18)17-9-2-3-11(10(13)6-9)21(19,20)16-7-12-14-4-5-15-12/h2-6,16H,7H2,1H3,(H,14,15)(H,17,18). The maximum absolute atomic E-state index is 13.9. The first kappa shape index (κ1) is 15.1. The van der Waals surface area contributed by atoms with Gasteiger partial charge in [0.25, 0.3) is 0 Å². The van der Waals surface area contributed by atoms with E-state index >= 15 is 0 Å². The number of imidazole rings is 1. The van der Waals surface area contributed by atoms with Crippen molar-refractivity contribution in [1.82, 2.24) is 14.7 Å². The molecule has 1 heterocycles. The lowest BCUT2D eigenvalue weighted by Gasteiger charge is -2.08. The zero-order chi connectivity index (χ0) is 15.5. The number of aromatic amines is 1. The average molecular weight is 312 g/mol. The molecule has 1 amide bonds. The number of aromatic nitrogens is 2. The molecule has 2 aromatic rings. The fourth-order valence-electron chi connectivity index (χ4n) is 1.64. The van der Waals surface area contributed by atoms with Crippen molar-refractivity contribution in [3.8, 4) is 0 Å². The number of hydrogen-bond acceptors (Lipinski definition) is 4. The normalized spacial score (nSPS) is 11.3. The van der Waals surface area contributed by atoms with Gasteiger partial charge in [-0.2, -0.15) is 0 Å². The summed E-state index contributed by atoms with van der Waals surface area (Å²) in [6, 6.07) is 3.35. The zero-order valence-corrected chi connectivity index (χ0v) is 11.9. The number of sulfonamides is 1. The first-order chi connectivity index (χ1) is 9.88. The summed E-state index contributed by atoms with van der Waals surface area (Å²) in [5.74, 6) is -0.914.